The van der Waals surface area contributed by atoms with Crippen LogP contribution in [-0.4, -0.2) is 53.5 Å². The first-order valence-corrected chi connectivity index (χ1v) is 7.50. The van der Waals surface area contributed by atoms with Crippen LogP contribution in [0.15, 0.2) is 0 Å². The van der Waals surface area contributed by atoms with Gasteiger partial charge in [-0.1, -0.05) is 20.8 Å². The summed E-state index contributed by atoms with van der Waals surface area (Å²) in [7, 11) is 0. The number of hydrogen-bond acceptors (Lipinski definition) is 4. The Morgan fingerprint density at radius 3 is 2.59 bits per heavy atom. The highest BCUT2D eigenvalue weighted by molar-refractivity contribution is 8.00. The molecule has 100 valence electrons. The monoisotopic (exact) mass is 259 g/mol. The molecule has 1 amide bonds. The molecule has 0 aromatic rings. The van der Waals surface area contributed by atoms with Gasteiger partial charge in [-0.15, -0.1) is 0 Å². The zero-order valence-corrected chi connectivity index (χ0v) is 12.0. The third-order valence-electron chi connectivity index (χ3n) is 3.76. The third kappa shape index (κ3) is 3.36. The number of nitrogens with one attached hydrogen (secondary N) is 1. The second kappa shape index (κ2) is 6.61. The lowest BCUT2D eigenvalue weighted by Crippen LogP contribution is -2.60. The van der Waals surface area contributed by atoms with Crippen LogP contribution in [-0.2, 0) is 4.79 Å². The minimum Gasteiger partial charge on any atom is -0.368 e. The lowest BCUT2D eigenvalue weighted by Gasteiger charge is -2.32. The number of rotatable bonds is 7. The van der Waals surface area contributed by atoms with Crippen LogP contribution >= 0.6 is 11.8 Å². The van der Waals surface area contributed by atoms with Gasteiger partial charge in [-0.2, -0.15) is 11.8 Å². The normalized spacial score (nSPS) is 28.8. The quantitative estimate of drug-likeness (QED) is 0.705. The van der Waals surface area contributed by atoms with Gasteiger partial charge in [0, 0.05) is 18.3 Å². The Morgan fingerprint density at radius 1 is 1.53 bits per heavy atom. The molecular formula is C12H25N3OS. The Hall–Kier alpha value is -0.260. The van der Waals surface area contributed by atoms with Crippen molar-refractivity contribution >= 4 is 17.7 Å². The second-order valence-corrected chi connectivity index (χ2v) is 6.00. The molecule has 1 fully saturated rings. The van der Waals surface area contributed by atoms with E-state index in [-0.39, 0.29) is 11.2 Å². The molecule has 0 saturated carbocycles. The van der Waals surface area contributed by atoms with Crippen LogP contribution in [0.4, 0.5) is 0 Å². The molecule has 0 aliphatic carbocycles. The highest BCUT2D eigenvalue weighted by Crippen LogP contribution is 2.35. The standard InChI is InChI=1S/C12H25N3OS/c1-4-15(5-2)8-7-14-12(11(13)16)6-9-17-10(12)3/h10,14H,4-9H2,1-3H3,(H2,13,16). The SMILES string of the molecule is CCN(CC)CCNC1(C(N)=O)CCSC1C. The minimum absolute atomic E-state index is 0.199. The first kappa shape index (κ1) is 14.8. The number of nitrogens with two attached hydrogens (primary N) is 1. The van der Waals surface area contributed by atoms with Crippen molar-refractivity contribution < 1.29 is 4.79 Å². The maximum atomic E-state index is 11.7. The van der Waals surface area contributed by atoms with Gasteiger partial charge in [0.1, 0.15) is 5.54 Å². The molecule has 2 atom stereocenters. The van der Waals surface area contributed by atoms with E-state index in [1.807, 2.05) is 11.8 Å². The van der Waals surface area contributed by atoms with Crippen LogP contribution in [0, 0.1) is 0 Å². The maximum Gasteiger partial charge on any atom is 0.238 e. The summed E-state index contributed by atoms with van der Waals surface area (Å²) in [5, 5.41) is 3.68. The van der Waals surface area contributed by atoms with Crippen molar-refractivity contribution in [3.8, 4) is 0 Å². The first-order valence-electron chi connectivity index (χ1n) is 6.45. The van der Waals surface area contributed by atoms with Crippen LogP contribution in [0.25, 0.3) is 0 Å². The molecule has 0 bridgehead atoms. The first-order chi connectivity index (χ1) is 8.06. The fraction of sp³-hybridized carbons (Fsp3) is 0.917. The van der Waals surface area contributed by atoms with Crippen molar-refractivity contribution in [2.75, 3.05) is 31.9 Å². The van der Waals surface area contributed by atoms with E-state index < -0.39 is 5.54 Å². The zero-order valence-electron chi connectivity index (χ0n) is 11.2. The number of amides is 1. The summed E-state index contributed by atoms with van der Waals surface area (Å²) in [6.07, 6.45) is 0.854. The Kier molecular flexibility index (Phi) is 5.76. The van der Waals surface area contributed by atoms with Gasteiger partial charge < -0.3 is 16.0 Å². The molecule has 17 heavy (non-hydrogen) atoms. The van der Waals surface area contributed by atoms with Crippen molar-refractivity contribution in [1.29, 1.82) is 0 Å². The van der Waals surface area contributed by atoms with E-state index in [0.29, 0.717) is 0 Å². The number of hydrogen-bond donors (Lipinski definition) is 2. The van der Waals surface area contributed by atoms with E-state index in [2.05, 4.69) is 31.0 Å². The summed E-state index contributed by atoms with van der Waals surface area (Å²) < 4.78 is 0. The minimum atomic E-state index is -0.488. The Bertz CT molecular complexity index is 258. The lowest BCUT2D eigenvalue weighted by molar-refractivity contribution is -0.124. The third-order valence-corrected chi connectivity index (χ3v) is 5.10. The smallest absolute Gasteiger partial charge is 0.238 e. The molecule has 3 N–H and O–H groups in total. The van der Waals surface area contributed by atoms with Crippen LogP contribution in [0.1, 0.15) is 27.2 Å². The summed E-state index contributed by atoms with van der Waals surface area (Å²) in [6.45, 7) is 10.3. The van der Waals surface area contributed by atoms with Crippen molar-refractivity contribution in [3.05, 3.63) is 0 Å². The van der Waals surface area contributed by atoms with Crippen molar-refractivity contribution in [1.82, 2.24) is 10.2 Å². The fourth-order valence-electron chi connectivity index (χ4n) is 2.36. The molecular weight excluding hydrogens is 234 g/mol. The molecule has 1 rings (SSSR count). The van der Waals surface area contributed by atoms with Gasteiger partial charge in [0.05, 0.1) is 0 Å². The number of nitrogens with zero attached hydrogens (tertiary/aromatic N) is 1. The van der Waals surface area contributed by atoms with Crippen LogP contribution in [0.2, 0.25) is 0 Å². The Balaban J connectivity index is 2.49. The second-order valence-electron chi connectivity index (χ2n) is 4.55. The van der Waals surface area contributed by atoms with E-state index in [4.69, 9.17) is 5.73 Å². The number of primary amides is 1. The Morgan fingerprint density at radius 2 is 2.18 bits per heavy atom. The molecule has 4 nitrogen and oxygen atoms in total. The molecule has 1 aliphatic rings. The Labute approximate surface area is 109 Å². The van der Waals surface area contributed by atoms with E-state index in [1.54, 1.807) is 0 Å². The predicted octanol–water partition coefficient (Wildman–Crippen LogP) is 0.667. The zero-order chi connectivity index (χ0) is 12.9. The lowest BCUT2D eigenvalue weighted by atomic mass is 9.92. The van der Waals surface area contributed by atoms with Gasteiger partial charge in [0.15, 0.2) is 0 Å². The fourth-order valence-corrected chi connectivity index (χ4v) is 3.76. The average Bonchev–Trinajstić information content (AvgIpc) is 2.67. The molecule has 0 radical (unpaired) electrons. The predicted molar refractivity (Wildman–Crippen MR) is 74.3 cm³/mol. The molecule has 1 aliphatic heterocycles. The number of thioether (sulfide) groups is 1. The van der Waals surface area contributed by atoms with Crippen molar-refractivity contribution in [2.24, 2.45) is 5.73 Å². The average molecular weight is 259 g/mol. The van der Waals surface area contributed by atoms with Gasteiger partial charge >= 0.3 is 0 Å². The van der Waals surface area contributed by atoms with Gasteiger partial charge in [-0.05, 0) is 25.3 Å². The maximum absolute atomic E-state index is 11.7. The van der Waals surface area contributed by atoms with Crippen LogP contribution < -0.4 is 11.1 Å². The van der Waals surface area contributed by atoms with Crippen LogP contribution in [0.5, 0.6) is 0 Å². The molecule has 0 aromatic carbocycles. The van der Waals surface area contributed by atoms with Crippen molar-refractivity contribution in [2.45, 2.75) is 38.0 Å². The molecule has 1 heterocycles. The van der Waals surface area contributed by atoms with Gasteiger partial charge in [-0.3, -0.25) is 4.79 Å². The molecule has 5 heteroatoms. The van der Waals surface area contributed by atoms with E-state index >= 15 is 0 Å². The molecule has 2 unspecified atom stereocenters. The van der Waals surface area contributed by atoms with Crippen LogP contribution in [0.3, 0.4) is 0 Å². The van der Waals surface area contributed by atoms with Gasteiger partial charge in [0.25, 0.3) is 0 Å². The van der Waals surface area contributed by atoms with Crippen molar-refractivity contribution in [3.63, 3.8) is 0 Å². The highest BCUT2D eigenvalue weighted by Gasteiger charge is 2.45. The van der Waals surface area contributed by atoms with Gasteiger partial charge in [-0.25, -0.2) is 0 Å². The molecule has 0 spiro atoms. The summed E-state index contributed by atoms with van der Waals surface area (Å²) >= 11 is 1.83. The molecule has 1 saturated heterocycles. The molecule has 0 aromatic heterocycles. The largest absolute Gasteiger partial charge is 0.368 e. The van der Waals surface area contributed by atoms with E-state index in [9.17, 15) is 4.79 Å². The highest BCUT2D eigenvalue weighted by atomic mass is 32.2. The van der Waals surface area contributed by atoms with E-state index in [0.717, 1.165) is 38.4 Å². The summed E-state index contributed by atoms with van der Waals surface area (Å²) in [6, 6.07) is 0. The van der Waals surface area contributed by atoms with Gasteiger partial charge in [0.2, 0.25) is 5.91 Å². The number of likely N-dealkylation sites (N-methyl/N-ethyl adjacent to an activating group) is 1. The summed E-state index contributed by atoms with van der Waals surface area (Å²) in [4.78, 5) is 14.0. The topological polar surface area (TPSA) is 58.4 Å². The number of carbonyl (C=O) groups is 1. The summed E-state index contributed by atoms with van der Waals surface area (Å²) in [5.41, 5.74) is 5.09. The number of carbonyl (C=O) groups excluding carboxylic acids is 1. The summed E-state index contributed by atoms with van der Waals surface area (Å²) in [5.74, 6) is 0.817. The van der Waals surface area contributed by atoms with E-state index in [1.165, 1.54) is 0 Å².